The van der Waals surface area contributed by atoms with Crippen molar-refractivity contribution < 1.29 is 19.1 Å². The van der Waals surface area contributed by atoms with E-state index in [1.165, 1.54) is 7.11 Å². The molecule has 0 unspecified atom stereocenters. The molecule has 0 spiro atoms. The lowest BCUT2D eigenvalue weighted by atomic mass is 9.99. The van der Waals surface area contributed by atoms with E-state index in [2.05, 4.69) is 10.6 Å². The SMILES string of the molecule is COC(=O)[C@]1(NC(=O)OC(C)(C)C)CCNC1. The summed E-state index contributed by atoms with van der Waals surface area (Å²) >= 11 is 0. The molecule has 2 N–H and O–H groups in total. The molecule has 1 amide bonds. The number of alkyl carbamates (subject to hydrolysis) is 1. The Bertz CT molecular complexity index is 303. The van der Waals surface area contributed by atoms with Crippen molar-refractivity contribution in [2.24, 2.45) is 0 Å². The lowest BCUT2D eigenvalue weighted by Gasteiger charge is -2.28. The molecule has 1 rings (SSSR count). The molecule has 0 aromatic carbocycles. The van der Waals surface area contributed by atoms with Crippen molar-refractivity contribution in [2.45, 2.75) is 38.3 Å². The zero-order chi connectivity index (χ0) is 13.1. The molecule has 6 nitrogen and oxygen atoms in total. The maximum absolute atomic E-state index is 11.7. The maximum Gasteiger partial charge on any atom is 0.408 e. The summed E-state index contributed by atoms with van der Waals surface area (Å²) < 4.78 is 9.85. The molecule has 0 radical (unpaired) electrons. The van der Waals surface area contributed by atoms with Crippen molar-refractivity contribution in [1.29, 1.82) is 0 Å². The molecule has 98 valence electrons. The topological polar surface area (TPSA) is 76.7 Å². The number of esters is 1. The number of carbonyl (C=O) groups is 2. The summed E-state index contributed by atoms with van der Waals surface area (Å²) in [6, 6.07) is 0. The lowest BCUT2D eigenvalue weighted by Crippen LogP contribution is -2.57. The van der Waals surface area contributed by atoms with Crippen molar-refractivity contribution in [3.63, 3.8) is 0 Å². The summed E-state index contributed by atoms with van der Waals surface area (Å²) in [5.74, 6) is -0.451. The van der Waals surface area contributed by atoms with E-state index in [0.717, 1.165) is 0 Å². The molecule has 0 aromatic heterocycles. The molecular formula is C11H20N2O4. The lowest BCUT2D eigenvalue weighted by molar-refractivity contribution is -0.147. The van der Waals surface area contributed by atoms with E-state index in [-0.39, 0.29) is 0 Å². The average Bonchev–Trinajstić information content (AvgIpc) is 2.63. The minimum absolute atomic E-state index is 0.360. The van der Waals surface area contributed by atoms with Crippen molar-refractivity contribution in [1.82, 2.24) is 10.6 Å². The molecule has 1 aliphatic rings. The van der Waals surface area contributed by atoms with Crippen molar-refractivity contribution in [3.8, 4) is 0 Å². The number of rotatable bonds is 2. The number of nitrogens with one attached hydrogen (secondary N) is 2. The number of methoxy groups -OCH3 is 1. The third-order valence-corrected chi connectivity index (χ3v) is 2.47. The molecule has 1 saturated heterocycles. The van der Waals surface area contributed by atoms with Crippen LogP contribution in [0.5, 0.6) is 0 Å². The highest BCUT2D eigenvalue weighted by molar-refractivity contribution is 5.86. The van der Waals surface area contributed by atoms with Gasteiger partial charge >= 0.3 is 12.1 Å². The second kappa shape index (κ2) is 4.91. The van der Waals surface area contributed by atoms with Crippen molar-refractivity contribution in [2.75, 3.05) is 20.2 Å². The van der Waals surface area contributed by atoms with Gasteiger partial charge in [0.1, 0.15) is 5.60 Å². The van der Waals surface area contributed by atoms with Gasteiger partial charge in [-0.2, -0.15) is 0 Å². The molecule has 0 saturated carbocycles. The highest BCUT2D eigenvalue weighted by atomic mass is 16.6. The van der Waals surface area contributed by atoms with Crippen LogP contribution in [0.25, 0.3) is 0 Å². The number of carbonyl (C=O) groups excluding carboxylic acids is 2. The number of hydrogen-bond acceptors (Lipinski definition) is 5. The minimum Gasteiger partial charge on any atom is -0.467 e. The normalized spacial score (nSPS) is 24.2. The van der Waals surface area contributed by atoms with Gasteiger partial charge in [-0.1, -0.05) is 0 Å². The highest BCUT2D eigenvalue weighted by Gasteiger charge is 2.44. The number of ether oxygens (including phenoxy) is 2. The molecule has 1 aliphatic heterocycles. The summed E-state index contributed by atoms with van der Waals surface area (Å²) in [6.07, 6.45) is -0.106. The molecule has 17 heavy (non-hydrogen) atoms. The van der Waals surface area contributed by atoms with Crippen molar-refractivity contribution in [3.05, 3.63) is 0 Å². The second-order valence-electron chi connectivity index (χ2n) is 5.13. The van der Waals surface area contributed by atoms with E-state index in [1.807, 2.05) is 0 Å². The highest BCUT2D eigenvalue weighted by Crippen LogP contribution is 2.18. The molecule has 1 atom stereocenters. The molecule has 0 aromatic rings. The molecule has 0 bridgehead atoms. The van der Waals surface area contributed by atoms with Gasteiger partial charge in [-0.3, -0.25) is 0 Å². The van der Waals surface area contributed by atoms with Crippen LogP contribution in [0.4, 0.5) is 4.79 Å². The third-order valence-electron chi connectivity index (χ3n) is 2.47. The van der Waals surface area contributed by atoms with E-state index in [0.29, 0.717) is 19.5 Å². The summed E-state index contributed by atoms with van der Waals surface area (Å²) in [6.45, 7) is 6.32. The average molecular weight is 244 g/mol. The van der Waals surface area contributed by atoms with E-state index in [4.69, 9.17) is 9.47 Å². The van der Waals surface area contributed by atoms with Gasteiger partial charge in [0.15, 0.2) is 5.54 Å². The number of amides is 1. The van der Waals surface area contributed by atoms with E-state index < -0.39 is 23.2 Å². The fourth-order valence-corrected chi connectivity index (χ4v) is 1.72. The summed E-state index contributed by atoms with van der Waals surface area (Å²) in [5, 5.41) is 5.63. The molecular weight excluding hydrogens is 224 g/mol. The Morgan fingerprint density at radius 2 is 2.00 bits per heavy atom. The first-order valence-corrected chi connectivity index (χ1v) is 5.59. The van der Waals surface area contributed by atoms with Crippen LogP contribution in [0, 0.1) is 0 Å². The largest absolute Gasteiger partial charge is 0.467 e. The smallest absolute Gasteiger partial charge is 0.408 e. The van der Waals surface area contributed by atoms with Gasteiger partial charge in [-0.15, -0.1) is 0 Å². The van der Waals surface area contributed by atoms with E-state index in [9.17, 15) is 9.59 Å². The van der Waals surface area contributed by atoms with Gasteiger partial charge in [0.25, 0.3) is 0 Å². The minimum atomic E-state index is -1.00. The summed E-state index contributed by atoms with van der Waals surface area (Å²) in [5.41, 5.74) is -1.59. The van der Waals surface area contributed by atoms with Crippen LogP contribution >= 0.6 is 0 Å². The van der Waals surface area contributed by atoms with Gasteiger partial charge in [0, 0.05) is 6.54 Å². The van der Waals surface area contributed by atoms with Gasteiger partial charge in [0.05, 0.1) is 7.11 Å². The predicted octanol–water partition coefficient (Wildman–Crippen LogP) is 0.416. The first kappa shape index (κ1) is 13.8. The van der Waals surface area contributed by atoms with Crippen LogP contribution in [0.1, 0.15) is 27.2 Å². The standard InChI is InChI=1S/C11H20N2O4/c1-10(2,3)17-9(15)13-11(8(14)16-4)5-6-12-7-11/h12H,5-7H2,1-4H3,(H,13,15)/t11-/m0/s1. The first-order valence-electron chi connectivity index (χ1n) is 5.59. The quantitative estimate of drug-likeness (QED) is 0.688. The Labute approximate surface area is 101 Å². The zero-order valence-corrected chi connectivity index (χ0v) is 10.8. The second-order valence-corrected chi connectivity index (χ2v) is 5.13. The predicted molar refractivity (Wildman–Crippen MR) is 61.6 cm³/mol. The molecule has 1 heterocycles. The number of hydrogen-bond donors (Lipinski definition) is 2. The van der Waals surface area contributed by atoms with Crippen LogP contribution in [-0.2, 0) is 14.3 Å². The molecule has 0 aliphatic carbocycles. The Morgan fingerprint density at radius 3 is 2.41 bits per heavy atom. The fourth-order valence-electron chi connectivity index (χ4n) is 1.72. The summed E-state index contributed by atoms with van der Waals surface area (Å²) in [7, 11) is 1.30. The molecule has 1 fully saturated rings. The zero-order valence-electron chi connectivity index (χ0n) is 10.8. The van der Waals surface area contributed by atoms with Crippen LogP contribution < -0.4 is 10.6 Å². The van der Waals surface area contributed by atoms with Crippen LogP contribution in [0.3, 0.4) is 0 Å². The van der Waals surface area contributed by atoms with Crippen LogP contribution in [0.2, 0.25) is 0 Å². The fraction of sp³-hybridized carbons (Fsp3) is 0.818. The maximum atomic E-state index is 11.7. The molecule has 6 heteroatoms. The van der Waals surface area contributed by atoms with Gasteiger partial charge in [-0.25, -0.2) is 9.59 Å². The Morgan fingerprint density at radius 1 is 1.35 bits per heavy atom. The van der Waals surface area contributed by atoms with Gasteiger partial charge in [0.2, 0.25) is 0 Å². The third kappa shape index (κ3) is 3.59. The van der Waals surface area contributed by atoms with Gasteiger partial charge in [-0.05, 0) is 33.7 Å². The van der Waals surface area contributed by atoms with Gasteiger partial charge < -0.3 is 20.1 Å². The Kier molecular flexibility index (Phi) is 3.98. The van der Waals surface area contributed by atoms with E-state index in [1.54, 1.807) is 20.8 Å². The van der Waals surface area contributed by atoms with Crippen molar-refractivity contribution >= 4 is 12.1 Å². The van der Waals surface area contributed by atoms with E-state index >= 15 is 0 Å². The first-order chi connectivity index (χ1) is 7.79. The Hall–Kier alpha value is -1.30. The van der Waals surface area contributed by atoms with Crippen LogP contribution in [0.15, 0.2) is 0 Å². The Balaban J connectivity index is 2.68. The summed E-state index contributed by atoms with van der Waals surface area (Å²) in [4.78, 5) is 23.4. The van der Waals surface area contributed by atoms with Crippen LogP contribution in [-0.4, -0.2) is 43.4 Å². The monoisotopic (exact) mass is 244 g/mol.